The second-order valence-electron chi connectivity index (χ2n) is 5.13. The van der Waals surface area contributed by atoms with Crippen LogP contribution in [0, 0.1) is 15.9 Å². The molecule has 8 nitrogen and oxygen atoms in total. The molecule has 1 unspecified atom stereocenters. The van der Waals surface area contributed by atoms with Crippen LogP contribution in [0.25, 0.3) is 0 Å². The summed E-state index contributed by atoms with van der Waals surface area (Å²) in [4.78, 5) is 35.2. The van der Waals surface area contributed by atoms with Crippen molar-refractivity contribution in [2.75, 3.05) is 25.5 Å². The van der Waals surface area contributed by atoms with E-state index in [-0.39, 0.29) is 29.7 Å². The highest BCUT2D eigenvalue weighted by Crippen LogP contribution is 2.21. The summed E-state index contributed by atoms with van der Waals surface area (Å²) in [5, 5.41) is 15.7. The number of nitrogens with zero attached hydrogens (tertiary/aromatic N) is 2. The van der Waals surface area contributed by atoms with E-state index in [0.29, 0.717) is 13.0 Å². The first-order valence-electron chi connectivity index (χ1n) is 7.13. The summed E-state index contributed by atoms with van der Waals surface area (Å²) in [6.07, 6.45) is 1.33. The molecular weight excluding hydrogens is 307 g/mol. The maximum atomic E-state index is 13.7. The highest BCUT2D eigenvalue weighted by Gasteiger charge is 2.33. The van der Waals surface area contributed by atoms with Gasteiger partial charge in [0.1, 0.15) is 6.04 Å². The van der Waals surface area contributed by atoms with Gasteiger partial charge in [-0.25, -0.2) is 4.39 Å². The molecule has 1 aliphatic heterocycles. The zero-order valence-corrected chi connectivity index (χ0v) is 12.5. The monoisotopic (exact) mass is 324 g/mol. The number of rotatable bonds is 5. The van der Waals surface area contributed by atoms with Crippen LogP contribution in [0.15, 0.2) is 18.2 Å². The van der Waals surface area contributed by atoms with Gasteiger partial charge in [-0.2, -0.15) is 0 Å². The number of carbonyl (C=O) groups excluding carboxylic acids is 2. The van der Waals surface area contributed by atoms with Gasteiger partial charge in [-0.1, -0.05) is 0 Å². The minimum atomic E-state index is -0.809. The Bertz CT molecular complexity index is 637. The third-order valence-corrected chi connectivity index (χ3v) is 3.72. The summed E-state index contributed by atoms with van der Waals surface area (Å²) in [7, 11) is 1.51. The molecule has 0 spiro atoms. The molecule has 9 heteroatoms. The average Bonchev–Trinajstić information content (AvgIpc) is 3.02. The van der Waals surface area contributed by atoms with Crippen LogP contribution in [-0.4, -0.2) is 47.8 Å². The summed E-state index contributed by atoms with van der Waals surface area (Å²) >= 11 is 0. The van der Waals surface area contributed by atoms with Gasteiger partial charge in [-0.3, -0.25) is 19.7 Å². The molecule has 2 rings (SSSR count). The zero-order chi connectivity index (χ0) is 17.0. The highest BCUT2D eigenvalue weighted by atomic mass is 19.1. The maximum absolute atomic E-state index is 13.7. The van der Waals surface area contributed by atoms with E-state index >= 15 is 0 Å². The van der Waals surface area contributed by atoms with Crippen LogP contribution >= 0.6 is 0 Å². The van der Waals surface area contributed by atoms with Gasteiger partial charge in [0.25, 0.3) is 5.69 Å². The largest absolute Gasteiger partial charge is 0.374 e. The molecule has 0 bridgehead atoms. The van der Waals surface area contributed by atoms with Crippen molar-refractivity contribution >= 4 is 23.2 Å². The summed E-state index contributed by atoms with van der Waals surface area (Å²) in [5.74, 6) is -1.36. The van der Waals surface area contributed by atoms with Crippen LogP contribution < -0.4 is 10.6 Å². The molecule has 0 aliphatic carbocycles. The van der Waals surface area contributed by atoms with Gasteiger partial charge in [0.05, 0.1) is 23.2 Å². The van der Waals surface area contributed by atoms with Crippen molar-refractivity contribution in [3.63, 3.8) is 0 Å². The van der Waals surface area contributed by atoms with Crippen molar-refractivity contribution in [3.8, 4) is 0 Å². The lowest BCUT2D eigenvalue weighted by molar-refractivity contribution is -0.385. The molecular formula is C14H17FN4O4. The lowest BCUT2D eigenvalue weighted by Gasteiger charge is -2.23. The number of likely N-dealkylation sites (N-methyl/N-ethyl adjacent to an activating group) is 1. The molecule has 1 aliphatic rings. The molecule has 2 amide bonds. The van der Waals surface area contributed by atoms with E-state index in [1.807, 2.05) is 0 Å². The second-order valence-corrected chi connectivity index (χ2v) is 5.13. The van der Waals surface area contributed by atoms with Crippen molar-refractivity contribution in [2.24, 2.45) is 0 Å². The summed E-state index contributed by atoms with van der Waals surface area (Å²) in [6, 6.07) is 2.65. The zero-order valence-electron chi connectivity index (χ0n) is 12.5. The number of nitrogens with one attached hydrogen (secondary N) is 2. The fourth-order valence-electron chi connectivity index (χ4n) is 2.54. The standard InChI is InChI=1S/C14H17FN4O4/c1-16-14(21)12-3-2-6-18(12)13(20)8-17-11-5-4-9(19(22)23)7-10(11)15/h4-5,7,12,17H,2-3,6,8H2,1H3,(H,16,21). The molecule has 23 heavy (non-hydrogen) atoms. The number of hydrogen-bond acceptors (Lipinski definition) is 5. The number of nitro benzene ring substituents is 1. The Morgan fingerprint density at radius 2 is 2.22 bits per heavy atom. The quantitative estimate of drug-likeness (QED) is 0.618. The van der Waals surface area contributed by atoms with Crippen LogP contribution in [0.4, 0.5) is 15.8 Å². The number of amides is 2. The minimum absolute atomic E-state index is 0.000333. The van der Waals surface area contributed by atoms with Gasteiger partial charge in [0, 0.05) is 19.7 Å². The molecule has 2 N–H and O–H groups in total. The van der Waals surface area contributed by atoms with E-state index in [4.69, 9.17) is 0 Å². The number of anilines is 1. The van der Waals surface area contributed by atoms with Crippen molar-refractivity contribution in [1.82, 2.24) is 10.2 Å². The third kappa shape index (κ3) is 3.74. The van der Waals surface area contributed by atoms with E-state index in [2.05, 4.69) is 10.6 Å². The summed E-state index contributed by atoms with van der Waals surface area (Å²) < 4.78 is 13.7. The Hall–Kier alpha value is -2.71. The second kappa shape index (κ2) is 7.03. The lowest BCUT2D eigenvalue weighted by atomic mass is 10.2. The molecule has 1 aromatic rings. The number of halogens is 1. The first kappa shape index (κ1) is 16.7. The summed E-state index contributed by atoms with van der Waals surface area (Å²) in [6.45, 7) is 0.281. The number of likely N-dealkylation sites (tertiary alicyclic amines) is 1. The number of hydrogen-bond donors (Lipinski definition) is 2. The van der Waals surface area contributed by atoms with E-state index < -0.39 is 16.8 Å². The predicted octanol–water partition coefficient (Wildman–Crippen LogP) is 0.883. The first-order valence-corrected chi connectivity index (χ1v) is 7.13. The van der Waals surface area contributed by atoms with Gasteiger partial charge >= 0.3 is 0 Å². The number of benzene rings is 1. The normalized spacial score (nSPS) is 17.0. The number of carbonyl (C=O) groups is 2. The maximum Gasteiger partial charge on any atom is 0.272 e. The number of non-ortho nitro benzene ring substituents is 1. The smallest absolute Gasteiger partial charge is 0.272 e. The van der Waals surface area contributed by atoms with E-state index in [1.54, 1.807) is 0 Å². The topological polar surface area (TPSA) is 105 Å². The summed E-state index contributed by atoms with van der Waals surface area (Å²) in [5.41, 5.74) is -0.363. The van der Waals surface area contributed by atoms with Gasteiger partial charge in [-0.15, -0.1) is 0 Å². The number of nitro groups is 1. The molecule has 1 aromatic carbocycles. The van der Waals surface area contributed by atoms with Gasteiger partial charge in [0.2, 0.25) is 11.8 Å². The Balaban J connectivity index is 1.99. The molecule has 1 fully saturated rings. The Morgan fingerprint density at radius 1 is 1.48 bits per heavy atom. The van der Waals surface area contributed by atoms with Crippen LogP contribution in [0.1, 0.15) is 12.8 Å². The average molecular weight is 324 g/mol. The van der Waals surface area contributed by atoms with Crippen molar-refractivity contribution in [1.29, 1.82) is 0 Å². The SMILES string of the molecule is CNC(=O)C1CCCN1C(=O)CNc1ccc([N+](=O)[O-])cc1F. The first-order chi connectivity index (χ1) is 10.9. The van der Waals surface area contributed by atoms with Crippen molar-refractivity contribution in [2.45, 2.75) is 18.9 Å². The van der Waals surface area contributed by atoms with E-state index in [1.165, 1.54) is 18.0 Å². The fourth-order valence-corrected chi connectivity index (χ4v) is 2.54. The molecule has 1 saturated heterocycles. The predicted molar refractivity (Wildman–Crippen MR) is 80.3 cm³/mol. The van der Waals surface area contributed by atoms with Crippen LogP contribution in [0.5, 0.6) is 0 Å². The third-order valence-electron chi connectivity index (χ3n) is 3.72. The van der Waals surface area contributed by atoms with Crippen LogP contribution in [0.3, 0.4) is 0 Å². The van der Waals surface area contributed by atoms with Gasteiger partial charge in [-0.05, 0) is 18.9 Å². The van der Waals surface area contributed by atoms with Crippen molar-refractivity contribution in [3.05, 3.63) is 34.1 Å². The van der Waals surface area contributed by atoms with Crippen LogP contribution in [0.2, 0.25) is 0 Å². The van der Waals surface area contributed by atoms with E-state index in [9.17, 15) is 24.1 Å². The van der Waals surface area contributed by atoms with Crippen molar-refractivity contribution < 1.29 is 18.9 Å². The molecule has 1 heterocycles. The molecule has 0 saturated carbocycles. The molecule has 0 aromatic heterocycles. The van der Waals surface area contributed by atoms with E-state index in [0.717, 1.165) is 18.6 Å². The lowest BCUT2D eigenvalue weighted by Crippen LogP contribution is -2.46. The Kier molecular flexibility index (Phi) is 5.09. The van der Waals surface area contributed by atoms with Gasteiger partial charge < -0.3 is 15.5 Å². The molecule has 1 atom stereocenters. The Morgan fingerprint density at radius 3 is 2.83 bits per heavy atom. The van der Waals surface area contributed by atoms with Crippen LogP contribution in [-0.2, 0) is 9.59 Å². The molecule has 124 valence electrons. The fraction of sp³-hybridized carbons (Fsp3) is 0.429. The minimum Gasteiger partial charge on any atom is -0.374 e. The Labute approximate surface area is 131 Å². The molecule has 0 radical (unpaired) electrons. The highest BCUT2D eigenvalue weighted by molar-refractivity contribution is 5.89. The van der Waals surface area contributed by atoms with Gasteiger partial charge in [0.15, 0.2) is 5.82 Å².